The van der Waals surface area contributed by atoms with Crippen molar-refractivity contribution in [2.75, 3.05) is 0 Å². The zero-order valence-corrected chi connectivity index (χ0v) is 17.1. The Morgan fingerprint density at radius 1 is 1.10 bits per heavy atom. The van der Waals surface area contributed by atoms with Crippen LogP contribution in [0.1, 0.15) is 29.9 Å². The topological polar surface area (TPSA) is 87.9 Å². The average Bonchev–Trinajstić information content (AvgIpc) is 3.34. The van der Waals surface area contributed by atoms with E-state index in [9.17, 15) is 14.0 Å². The van der Waals surface area contributed by atoms with Gasteiger partial charge in [-0.25, -0.2) is 19.2 Å². The highest BCUT2D eigenvalue weighted by molar-refractivity contribution is 5.71. The van der Waals surface area contributed by atoms with Crippen LogP contribution in [0.5, 0.6) is 0 Å². The van der Waals surface area contributed by atoms with E-state index in [-0.39, 0.29) is 12.4 Å². The number of oxazole rings is 1. The fourth-order valence-corrected chi connectivity index (χ4v) is 3.52. The van der Waals surface area contributed by atoms with Crippen molar-refractivity contribution in [3.8, 4) is 0 Å². The summed E-state index contributed by atoms with van der Waals surface area (Å²) in [4.78, 5) is 34.2. The maximum Gasteiger partial charge on any atom is 0.332 e. The Balaban J connectivity index is 1.83. The molecule has 4 aromatic rings. The first-order valence-corrected chi connectivity index (χ1v) is 9.72. The van der Waals surface area contributed by atoms with Crippen LogP contribution in [0.4, 0.5) is 4.39 Å². The van der Waals surface area contributed by atoms with Crippen LogP contribution < -0.4 is 11.2 Å². The van der Waals surface area contributed by atoms with Gasteiger partial charge in [-0.3, -0.25) is 13.9 Å². The maximum absolute atomic E-state index is 13.7. The van der Waals surface area contributed by atoms with Crippen LogP contribution in [-0.4, -0.2) is 23.7 Å². The third kappa shape index (κ3) is 3.47. The van der Waals surface area contributed by atoms with Crippen LogP contribution in [0.2, 0.25) is 0 Å². The number of fused-ring (bicyclic) bond motifs is 1. The highest BCUT2D eigenvalue weighted by Crippen LogP contribution is 2.17. The Morgan fingerprint density at radius 2 is 1.90 bits per heavy atom. The van der Waals surface area contributed by atoms with E-state index in [1.807, 2.05) is 6.92 Å². The molecular weight excluding hydrogens is 389 g/mol. The van der Waals surface area contributed by atoms with Crippen molar-refractivity contribution in [1.82, 2.24) is 23.7 Å². The SMILES string of the molecule is CCc1coc(CCc2nc3c(c(=O)n(C)c(=O)n3C)n2Cc2cccc(F)c2)n1. The van der Waals surface area contributed by atoms with Crippen molar-refractivity contribution in [2.45, 2.75) is 32.7 Å². The van der Waals surface area contributed by atoms with Gasteiger partial charge >= 0.3 is 5.69 Å². The van der Waals surface area contributed by atoms with Gasteiger partial charge in [0.2, 0.25) is 0 Å². The predicted molar refractivity (Wildman–Crippen MR) is 109 cm³/mol. The Bertz CT molecular complexity index is 1350. The minimum Gasteiger partial charge on any atom is -0.449 e. The first kappa shape index (κ1) is 19.8. The molecule has 0 N–H and O–H groups in total. The Kier molecular flexibility index (Phi) is 5.11. The molecule has 0 saturated heterocycles. The van der Waals surface area contributed by atoms with Crippen molar-refractivity contribution >= 4 is 11.2 Å². The number of hydrogen-bond acceptors (Lipinski definition) is 5. The summed E-state index contributed by atoms with van der Waals surface area (Å²) < 4.78 is 23.4. The summed E-state index contributed by atoms with van der Waals surface area (Å²) in [6, 6.07) is 6.19. The summed E-state index contributed by atoms with van der Waals surface area (Å²) in [5.74, 6) is 0.826. The Hall–Kier alpha value is -3.49. The molecule has 0 amide bonds. The van der Waals surface area contributed by atoms with Crippen LogP contribution in [0, 0.1) is 5.82 Å². The second-order valence-electron chi connectivity index (χ2n) is 7.21. The van der Waals surface area contributed by atoms with Crippen LogP contribution in [0.15, 0.2) is 44.5 Å². The van der Waals surface area contributed by atoms with Gasteiger partial charge in [0.05, 0.1) is 5.69 Å². The smallest absolute Gasteiger partial charge is 0.332 e. The first-order valence-electron chi connectivity index (χ1n) is 9.72. The quantitative estimate of drug-likeness (QED) is 0.484. The molecule has 1 aromatic carbocycles. The van der Waals surface area contributed by atoms with E-state index in [0.29, 0.717) is 41.3 Å². The maximum atomic E-state index is 13.7. The summed E-state index contributed by atoms with van der Waals surface area (Å²) in [6.07, 6.45) is 3.34. The van der Waals surface area contributed by atoms with E-state index >= 15 is 0 Å². The second-order valence-corrected chi connectivity index (χ2v) is 7.21. The molecule has 3 heterocycles. The van der Waals surface area contributed by atoms with Crippen LogP contribution in [0.25, 0.3) is 11.2 Å². The van der Waals surface area contributed by atoms with Crippen molar-refractivity contribution < 1.29 is 8.81 Å². The number of benzene rings is 1. The molecule has 0 saturated carbocycles. The number of rotatable bonds is 6. The summed E-state index contributed by atoms with van der Waals surface area (Å²) in [7, 11) is 3.01. The zero-order valence-electron chi connectivity index (χ0n) is 17.1. The molecule has 30 heavy (non-hydrogen) atoms. The number of hydrogen-bond donors (Lipinski definition) is 0. The molecule has 0 aliphatic heterocycles. The molecule has 0 radical (unpaired) electrons. The van der Waals surface area contributed by atoms with E-state index in [4.69, 9.17) is 4.42 Å². The minimum atomic E-state index is -0.449. The summed E-state index contributed by atoms with van der Waals surface area (Å²) >= 11 is 0. The highest BCUT2D eigenvalue weighted by Gasteiger charge is 2.20. The molecule has 0 spiro atoms. The average molecular weight is 411 g/mol. The molecule has 8 nitrogen and oxygen atoms in total. The van der Waals surface area contributed by atoms with E-state index in [1.54, 1.807) is 30.0 Å². The predicted octanol–water partition coefficient (Wildman–Crippen LogP) is 1.96. The second kappa shape index (κ2) is 7.74. The lowest BCUT2D eigenvalue weighted by molar-refractivity contribution is 0.489. The fraction of sp³-hybridized carbons (Fsp3) is 0.333. The molecule has 0 aliphatic carbocycles. The molecule has 3 aromatic heterocycles. The lowest BCUT2D eigenvalue weighted by atomic mass is 10.2. The van der Waals surface area contributed by atoms with Gasteiger partial charge in [0, 0.05) is 33.5 Å². The summed E-state index contributed by atoms with van der Waals surface area (Å²) in [5.41, 5.74) is 1.28. The van der Waals surface area contributed by atoms with Crippen LogP contribution in [0.3, 0.4) is 0 Å². The Morgan fingerprint density at radius 3 is 2.60 bits per heavy atom. The van der Waals surface area contributed by atoms with Gasteiger partial charge < -0.3 is 8.98 Å². The van der Waals surface area contributed by atoms with Gasteiger partial charge in [-0.05, 0) is 24.1 Å². The zero-order chi connectivity index (χ0) is 21.4. The summed E-state index contributed by atoms with van der Waals surface area (Å²) in [6.45, 7) is 2.25. The number of aromatic nitrogens is 5. The lowest BCUT2D eigenvalue weighted by Crippen LogP contribution is -2.37. The van der Waals surface area contributed by atoms with Crippen molar-refractivity contribution in [3.05, 3.63) is 80.2 Å². The molecule has 0 atom stereocenters. The molecule has 4 rings (SSSR count). The molecule has 0 aliphatic rings. The molecule has 156 valence electrons. The third-order valence-electron chi connectivity index (χ3n) is 5.18. The molecule has 9 heteroatoms. The highest BCUT2D eigenvalue weighted by atomic mass is 19.1. The standard InChI is InChI=1S/C21H22FN5O3/c1-4-15-12-30-17(23-15)9-8-16-24-19-18(20(28)26(3)21(29)25(19)2)27(16)11-13-6-5-7-14(22)10-13/h5-7,10,12H,4,8-9,11H2,1-3H3. The van der Waals surface area contributed by atoms with E-state index in [1.165, 1.54) is 23.7 Å². The third-order valence-corrected chi connectivity index (χ3v) is 5.18. The van der Waals surface area contributed by atoms with Crippen molar-refractivity contribution in [2.24, 2.45) is 14.1 Å². The van der Waals surface area contributed by atoms with Gasteiger partial charge in [-0.1, -0.05) is 19.1 Å². The number of aryl methyl sites for hydroxylation is 4. The molecular formula is C21H22FN5O3. The number of imidazole rings is 1. The normalized spacial score (nSPS) is 11.5. The molecule has 0 bridgehead atoms. The first-order chi connectivity index (χ1) is 14.4. The number of nitrogens with zero attached hydrogens (tertiary/aromatic N) is 5. The lowest BCUT2D eigenvalue weighted by Gasteiger charge is -2.10. The largest absolute Gasteiger partial charge is 0.449 e. The van der Waals surface area contributed by atoms with Gasteiger partial charge in [0.1, 0.15) is 17.9 Å². The van der Waals surface area contributed by atoms with E-state index in [2.05, 4.69) is 9.97 Å². The van der Waals surface area contributed by atoms with Gasteiger partial charge in [-0.2, -0.15) is 0 Å². The van der Waals surface area contributed by atoms with E-state index < -0.39 is 11.2 Å². The fourth-order valence-electron chi connectivity index (χ4n) is 3.52. The van der Waals surface area contributed by atoms with Gasteiger partial charge in [0.25, 0.3) is 5.56 Å². The molecule has 0 unspecified atom stereocenters. The minimum absolute atomic E-state index is 0.253. The Labute approximate surface area is 171 Å². The van der Waals surface area contributed by atoms with E-state index in [0.717, 1.165) is 16.7 Å². The summed E-state index contributed by atoms with van der Waals surface area (Å²) in [5, 5.41) is 0. The van der Waals surface area contributed by atoms with Gasteiger partial charge in [-0.15, -0.1) is 0 Å². The van der Waals surface area contributed by atoms with Gasteiger partial charge in [0.15, 0.2) is 17.1 Å². The number of halogens is 1. The van der Waals surface area contributed by atoms with Crippen molar-refractivity contribution in [1.29, 1.82) is 0 Å². The monoisotopic (exact) mass is 411 g/mol. The molecule has 0 fully saturated rings. The van der Waals surface area contributed by atoms with Crippen molar-refractivity contribution in [3.63, 3.8) is 0 Å². The van der Waals surface area contributed by atoms with Crippen LogP contribution >= 0.6 is 0 Å². The van der Waals surface area contributed by atoms with Crippen LogP contribution in [-0.2, 0) is 39.9 Å².